The number of amides is 1. The van der Waals surface area contributed by atoms with E-state index in [2.05, 4.69) is 10.3 Å². The van der Waals surface area contributed by atoms with Crippen LogP contribution < -0.4 is 10.2 Å². The van der Waals surface area contributed by atoms with Crippen LogP contribution in [-0.2, 0) is 4.79 Å². The van der Waals surface area contributed by atoms with Crippen molar-refractivity contribution < 1.29 is 24.6 Å². The number of aliphatic hydroxyl groups is 1. The summed E-state index contributed by atoms with van der Waals surface area (Å²) in [6, 6.07) is 8.99. The Labute approximate surface area is 182 Å². The van der Waals surface area contributed by atoms with Gasteiger partial charge in [0.2, 0.25) is 11.7 Å². The predicted octanol–water partition coefficient (Wildman–Crippen LogP) is 2.72. The van der Waals surface area contributed by atoms with Crippen molar-refractivity contribution in [2.45, 2.75) is 25.6 Å². The van der Waals surface area contributed by atoms with Crippen molar-refractivity contribution in [1.82, 2.24) is 10.3 Å². The summed E-state index contributed by atoms with van der Waals surface area (Å²) in [5.74, 6) is -1.97. The zero-order valence-corrected chi connectivity index (χ0v) is 17.3. The number of benzene rings is 2. The normalized spacial score (nSPS) is 17.3. The number of carboxylic acids is 1. The molecule has 1 aliphatic heterocycles. The largest absolute Gasteiger partial charge is 0.478 e. The summed E-state index contributed by atoms with van der Waals surface area (Å²) < 4.78 is 0. The summed E-state index contributed by atoms with van der Waals surface area (Å²) in [5, 5.41) is 23.2. The van der Waals surface area contributed by atoms with E-state index in [1.54, 1.807) is 12.1 Å². The Morgan fingerprint density at radius 3 is 2.74 bits per heavy atom. The number of aromatic carboxylic acids is 1. The van der Waals surface area contributed by atoms with E-state index in [9.17, 15) is 19.5 Å². The Hall–Kier alpha value is -3.20. The topological polar surface area (TPSA) is 123 Å². The van der Waals surface area contributed by atoms with Crippen LogP contribution in [0.5, 0.6) is 0 Å². The first-order valence-electron chi connectivity index (χ1n) is 9.66. The lowest BCUT2D eigenvalue weighted by molar-refractivity contribution is -0.119. The van der Waals surface area contributed by atoms with Gasteiger partial charge in [-0.2, -0.15) is 0 Å². The van der Waals surface area contributed by atoms with Gasteiger partial charge in [-0.25, -0.2) is 4.79 Å². The second-order valence-corrected chi connectivity index (χ2v) is 7.89. The van der Waals surface area contributed by atoms with E-state index >= 15 is 0 Å². The first-order valence-corrected chi connectivity index (χ1v) is 10.0. The number of rotatable bonds is 6. The molecule has 0 spiro atoms. The third-order valence-corrected chi connectivity index (χ3v) is 5.70. The number of anilines is 1. The SMILES string of the molecule is Cc1ccc(N2CCC(NC(O)C(=O)c3c[nH]c4cc(C(=O)O)ccc34)C2=O)c(Cl)c1. The maximum atomic E-state index is 12.8. The van der Waals surface area contributed by atoms with Gasteiger partial charge in [0.1, 0.15) is 0 Å². The Kier molecular flexibility index (Phi) is 5.53. The van der Waals surface area contributed by atoms with Crippen molar-refractivity contribution in [3.8, 4) is 0 Å². The minimum atomic E-state index is -1.60. The summed E-state index contributed by atoms with van der Waals surface area (Å²) in [6.45, 7) is 2.31. The molecule has 0 aliphatic carbocycles. The van der Waals surface area contributed by atoms with E-state index in [1.165, 1.54) is 29.3 Å². The summed E-state index contributed by atoms with van der Waals surface area (Å²) in [7, 11) is 0. The number of hydrogen-bond donors (Lipinski definition) is 4. The molecular weight excluding hydrogens is 422 g/mol. The molecule has 1 saturated heterocycles. The standard InChI is InChI=1S/C22H20ClN3O5/c1-11-2-5-18(15(23)8-11)26-7-6-16(21(26)29)25-20(28)19(27)14-10-24-17-9-12(22(30)31)3-4-13(14)17/h2-5,8-10,16,20,24-25,28H,6-7H2,1H3,(H,30,31). The zero-order chi connectivity index (χ0) is 22.3. The van der Waals surface area contributed by atoms with Gasteiger partial charge in [-0.1, -0.05) is 23.7 Å². The average Bonchev–Trinajstić information content (AvgIpc) is 3.31. The number of ketones is 1. The lowest BCUT2D eigenvalue weighted by Gasteiger charge is -2.20. The Morgan fingerprint density at radius 1 is 1.26 bits per heavy atom. The maximum Gasteiger partial charge on any atom is 0.335 e. The van der Waals surface area contributed by atoms with Crippen molar-refractivity contribution in [3.05, 3.63) is 64.3 Å². The highest BCUT2D eigenvalue weighted by atomic mass is 35.5. The molecule has 160 valence electrons. The third-order valence-electron chi connectivity index (χ3n) is 5.40. The van der Waals surface area contributed by atoms with Gasteiger partial charge in [-0.15, -0.1) is 0 Å². The predicted molar refractivity (Wildman–Crippen MR) is 116 cm³/mol. The first-order chi connectivity index (χ1) is 14.8. The number of nitrogens with zero attached hydrogens (tertiary/aromatic N) is 1. The number of halogens is 1. The molecule has 1 amide bonds. The van der Waals surface area contributed by atoms with Crippen molar-refractivity contribution in [3.63, 3.8) is 0 Å². The fraction of sp³-hybridized carbons (Fsp3) is 0.227. The smallest absolute Gasteiger partial charge is 0.335 e. The quantitative estimate of drug-likeness (QED) is 0.344. The third kappa shape index (κ3) is 3.93. The van der Waals surface area contributed by atoms with Gasteiger partial charge >= 0.3 is 5.97 Å². The molecule has 0 saturated carbocycles. The number of aliphatic hydroxyl groups excluding tert-OH is 1. The van der Waals surface area contributed by atoms with Crippen LogP contribution in [0, 0.1) is 6.92 Å². The summed E-state index contributed by atoms with van der Waals surface area (Å²) >= 11 is 6.27. The van der Waals surface area contributed by atoms with Gasteiger partial charge in [0.25, 0.3) is 0 Å². The second-order valence-electron chi connectivity index (χ2n) is 7.49. The Morgan fingerprint density at radius 2 is 2.03 bits per heavy atom. The van der Waals surface area contributed by atoms with E-state index in [4.69, 9.17) is 16.7 Å². The first kappa shape index (κ1) is 21.0. The van der Waals surface area contributed by atoms with E-state index in [0.717, 1.165) is 5.56 Å². The molecule has 3 aromatic rings. The number of H-pyrrole nitrogens is 1. The van der Waals surface area contributed by atoms with Crippen LogP contribution in [0.1, 0.15) is 32.7 Å². The number of aryl methyl sites for hydroxylation is 1. The molecule has 8 nitrogen and oxygen atoms in total. The molecule has 4 N–H and O–H groups in total. The van der Waals surface area contributed by atoms with Crippen LogP contribution in [0.2, 0.25) is 5.02 Å². The average molecular weight is 442 g/mol. The number of nitrogens with one attached hydrogen (secondary N) is 2. The Balaban J connectivity index is 1.49. The van der Waals surface area contributed by atoms with Crippen molar-refractivity contribution in [2.75, 3.05) is 11.4 Å². The number of fused-ring (bicyclic) bond motifs is 1. The van der Waals surface area contributed by atoms with Crippen LogP contribution in [0.25, 0.3) is 10.9 Å². The fourth-order valence-corrected chi connectivity index (χ4v) is 4.12. The number of aromatic nitrogens is 1. The number of Topliss-reactive ketones (excluding diaryl/α,β-unsaturated/α-hetero) is 1. The lowest BCUT2D eigenvalue weighted by Crippen LogP contribution is -2.47. The van der Waals surface area contributed by atoms with Gasteiger partial charge in [0.05, 0.1) is 22.3 Å². The number of carbonyl (C=O) groups excluding carboxylic acids is 2. The molecule has 1 fully saturated rings. The van der Waals surface area contributed by atoms with Gasteiger partial charge in [0.15, 0.2) is 6.23 Å². The molecule has 2 unspecified atom stereocenters. The van der Waals surface area contributed by atoms with Crippen molar-refractivity contribution in [2.24, 2.45) is 0 Å². The summed E-state index contributed by atoms with van der Waals surface area (Å²) in [4.78, 5) is 41.1. The van der Waals surface area contributed by atoms with Gasteiger partial charge < -0.3 is 20.1 Å². The molecule has 2 atom stereocenters. The molecule has 1 aliphatic rings. The van der Waals surface area contributed by atoms with Gasteiger partial charge in [-0.05, 0) is 43.2 Å². The molecule has 0 radical (unpaired) electrons. The van der Waals surface area contributed by atoms with E-state index < -0.39 is 24.0 Å². The van der Waals surface area contributed by atoms with Gasteiger partial charge in [0, 0.05) is 29.2 Å². The van der Waals surface area contributed by atoms with Crippen LogP contribution in [-0.4, -0.2) is 51.7 Å². The van der Waals surface area contributed by atoms with Crippen LogP contribution >= 0.6 is 11.6 Å². The molecule has 2 aromatic carbocycles. The molecule has 31 heavy (non-hydrogen) atoms. The summed E-state index contributed by atoms with van der Waals surface area (Å²) in [6.07, 6.45) is 0.224. The lowest BCUT2D eigenvalue weighted by atomic mass is 10.1. The summed E-state index contributed by atoms with van der Waals surface area (Å²) in [5.41, 5.74) is 2.32. The van der Waals surface area contributed by atoms with Crippen molar-refractivity contribution in [1.29, 1.82) is 0 Å². The molecule has 2 heterocycles. The van der Waals surface area contributed by atoms with Crippen molar-refractivity contribution >= 4 is 45.9 Å². The number of hydrogen-bond acceptors (Lipinski definition) is 5. The molecular formula is C22H20ClN3O5. The minimum Gasteiger partial charge on any atom is -0.478 e. The number of carboxylic acid groups (broad SMARTS) is 1. The molecule has 0 bridgehead atoms. The van der Waals surface area contributed by atoms with Crippen LogP contribution in [0.4, 0.5) is 5.69 Å². The monoisotopic (exact) mass is 441 g/mol. The fourth-order valence-electron chi connectivity index (χ4n) is 3.78. The highest BCUT2D eigenvalue weighted by Crippen LogP contribution is 2.30. The number of aromatic amines is 1. The second kappa shape index (κ2) is 8.14. The van der Waals surface area contributed by atoms with Crippen LogP contribution in [0.3, 0.4) is 0 Å². The minimum absolute atomic E-state index is 0.0819. The van der Waals surface area contributed by atoms with E-state index in [0.29, 0.717) is 34.6 Å². The van der Waals surface area contributed by atoms with E-state index in [1.807, 2.05) is 13.0 Å². The van der Waals surface area contributed by atoms with Crippen LogP contribution in [0.15, 0.2) is 42.6 Å². The number of carbonyl (C=O) groups is 3. The Bertz CT molecular complexity index is 1210. The molecule has 9 heteroatoms. The highest BCUT2D eigenvalue weighted by Gasteiger charge is 2.36. The van der Waals surface area contributed by atoms with E-state index in [-0.39, 0.29) is 17.0 Å². The maximum absolute atomic E-state index is 12.8. The molecule has 1 aromatic heterocycles. The molecule has 4 rings (SSSR count). The highest BCUT2D eigenvalue weighted by molar-refractivity contribution is 6.34. The zero-order valence-electron chi connectivity index (χ0n) is 16.6. The van der Waals surface area contributed by atoms with Gasteiger partial charge in [-0.3, -0.25) is 14.9 Å².